The fourth-order valence-electron chi connectivity index (χ4n) is 2.57. The quantitative estimate of drug-likeness (QED) is 0.781. The molecule has 1 atom stereocenters. The molecule has 0 aliphatic heterocycles. The van der Waals surface area contributed by atoms with Crippen molar-refractivity contribution >= 4 is 5.91 Å². The Hall–Kier alpha value is -2.67. The Kier molecular flexibility index (Phi) is 6.91. The molecular weight excluding hydrogens is 342 g/mol. The Balaban J connectivity index is 2.09. The number of hydrogen-bond acceptors (Lipinski definition) is 4. The van der Waals surface area contributed by atoms with Crippen LogP contribution < -0.4 is 14.8 Å². The van der Waals surface area contributed by atoms with E-state index in [2.05, 4.69) is 10.1 Å². The number of alkyl halides is 2. The van der Waals surface area contributed by atoms with Crippen LogP contribution >= 0.6 is 0 Å². The maximum Gasteiger partial charge on any atom is 0.387 e. The van der Waals surface area contributed by atoms with Crippen molar-refractivity contribution < 1.29 is 23.0 Å². The molecule has 0 unspecified atom stereocenters. The highest BCUT2D eigenvalue weighted by Gasteiger charge is 2.17. The first kappa shape index (κ1) is 19.7. The predicted octanol–water partition coefficient (Wildman–Crippen LogP) is 3.33. The van der Waals surface area contributed by atoms with Crippen molar-refractivity contribution in [3.63, 3.8) is 0 Å². The van der Waals surface area contributed by atoms with Crippen molar-refractivity contribution in [2.45, 2.75) is 12.7 Å². The summed E-state index contributed by atoms with van der Waals surface area (Å²) in [5, 5.41) is 2.87. The molecule has 0 radical (unpaired) electrons. The van der Waals surface area contributed by atoms with Gasteiger partial charge in [0.05, 0.1) is 13.2 Å². The van der Waals surface area contributed by atoms with Gasteiger partial charge in [0.25, 0.3) is 5.91 Å². The van der Waals surface area contributed by atoms with E-state index in [0.29, 0.717) is 12.1 Å². The summed E-state index contributed by atoms with van der Waals surface area (Å²) in [5.74, 6) is -0.366. The molecule has 0 aliphatic carbocycles. The van der Waals surface area contributed by atoms with Crippen molar-refractivity contribution in [3.8, 4) is 11.5 Å². The van der Waals surface area contributed by atoms with E-state index < -0.39 is 6.61 Å². The van der Waals surface area contributed by atoms with Gasteiger partial charge in [-0.15, -0.1) is 0 Å². The van der Waals surface area contributed by atoms with Gasteiger partial charge in [-0.2, -0.15) is 8.78 Å². The van der Waals surface area contributed by atoms with Gasteiger partial charge in [-0.05, 0) is 37.9 Å². The van der Waals surface area contributed by atoms with Crippen molar-refractivity contribution in [2.75, 3.05) is 27.7 Å². The van der Waals surface area contributed by atoms with Crippen LogP contribution in [-0.4, -0.2) is 45.2 Å². The molecule has 0 saturated carbocycles. The number of carbonyl (C=O) groups excluding carboxylic acids is 1. The minimum absolute atomic E-state index is 0.00323. The van der Waals surface area contributed by atoms with E-state index in [1.165, 1.54) is 25.3 Å². The summed E-state index contributed by atoms with van der Waals surface area (Å²) in [5.41, 5.74) is 1.38. The molecule has 26 heavy (non-hydrogen) atoms. The van der Waals surface area contributed by atoms with Gasteiger partial charge in [0.15, 0.2) is 11.5 Å². The van der Waals surface area contributed by atoms with Crippen LogP contribution in [0.5, 0.6) is 11.5 Å². The first-order valence-corrected chi connectivity index (χ1v) is 8.04. The third-order valence-electron chi connectivity index (χ3n) is 3.91. The first-order valence-electron chi connectivity index (χ1n) is 8.04. The monoisotopic (exact) mass is 364 g/mol. The van der Waals surface area contributed by atoms with Crippen LogP contribution in [-0.2, 0) is 0 Å². The number of likely N-dealkylation sites (N-methyl/N-ethyl adjacent to an activating group) is 1. The highest BCUT2D eigenvalue weighted by atomic mass is 19.3. The lowest BCUT2D eigenvalue weighted by atomic mass is 10.1. The van der Waals surface area contributed by atoms with E-state index in [0.717, 1.165) is 5.56 Å². The van der Waals surface area contributed by atoms with Crippen LogP contribution in [0, 0.1) is 0 Å². The highest BCUT2D eigenvalue weighted by molar-refractivity contribution is 5.94. The minimum atomic E-state index is -2.96. The van der Waals surface area contributed by atoms with Gasteiger partial charge in [0, 0.05) is 12.1 Å². The Labute approximate surface area is 151 Å². The second kappa shape index (κ2) is 9.15. The average Bonchev–Trinajstić information content (AvgIpc) is 2.62. The molecule has 0 aromatic heterocycles. The lowest BCUT2D eigenvalue weighted by molar-refractivity contribution is -0.0512. The van der Waals surface area contributed by atoms with Crippen LogP contribution in [0.2, 0.25) is 0 Å². The smallest absolute Gasteiger partial charge is 0.387 e. The standard InChI is InChI=1S/C19H22F2N2O3/c1-23(2)15(13-7-5-4-6-8-13)12-22-18(24)14-9-10-16(26-19(20)21)17(11-14)25-3/h4-11,15,19H,12H2,1-3H3,(H,22,24)/t15-/m1/s1. The molecule has 2 aromatic carbocycles. The number of benzene rings is 2. The minimum Gasteiger partial charge on any atom is -0.493 e. The fraction of sp³-hybridized carbons (Fsp3) is 0.316. The zero-order valence-corrected chi connectivity index (χ0v) is 14.9. The van der Waals surface area contributed by atoms with Gasteiger partial charge in [0.2, 0.25) is 0 Å². The van der Waals surface area contributed by atoms with Crippen LogP contribution in [0.3, 0.4) is 0 Å². The third-order valence-corrected chi connectivity index (χ3v) is 3.91. The zero-order chi connectivity index (χ0) is 19.1. The zero-order valence-electron chi connectivity index (χ0n) is 14.9. The summed E-state index contributed by atoms with van der Waals surface area (Å²) in [6, 6.07) is 13.9. The number of amides is 1. The highest BCUT2D eigenvalue weighted by Crippen LogP contribution is 2.29. The Morgan fingerprint density at radius 1 is 1.12 bits per heavy atom. The number of hydrogen-bond donors (Lipinski definition) is 1. The van der Waals surface area contributed by atoms with E-state index in [1.54, 1.807) is 0 Å². The molecule has 5 nitrogen and oxygen atoms in total. The number of carbonyl (C=O) groups is 1. The Bertz CT molecular complexity index is 724. The normalized spacial score (nSPS) is 12.1. The van der Waals surface area contributed by atoms with Gasteiger partial charge >= 0.3 is 6.61 Å². The molecule has 0 fully saturated rings. The van der Waals surface area contributed by atoms with E-state index in [4.69, 9.17) is 4.74 Å². The van der Waals surface area contributed by atoms with Crippen molar-refractivity contribution in [2.24, 2.45) is 0 Å². The molecule has 0 bridgehead atoms. The fourth-order valence-corrected chi connectivity index (χ4v) is 2.57. The number of methoxy groups -OCH3 is 1. The van der Waals surface area contributed by atoms with E-state index in [1.807, 2.05) is 49.3 Å². The van der Waals surface area contributed by atoms with Gasteiger partial charge in [-0.3, -0.25) is 4.79 Å². The van der Waals surface area contributed by atoms with Gasteiger partial charge in [-0.1, -0.05) is 30.3 Å². The number of ether oxygens (including phenoxy) is 2. The van der Waals surface area contributed by atoms with Crippen LogP contribution in [0.1, 0.15) is 22.0 Å². The topological polar surface area (TPSA) is 50.8 Å². The Morgan fingerprint density at radius 3 is 2.38 bits per heavy atom. The second-order valence-corrected chi connectivity index (χ2v) is 5.84. The van der Waals surface area contributed by atoms with E-state index in [-0.39, 0.29) is 23.4 Å². The van der Waals surface area contributed by atoms with Crippen molar-refractivity contribution in [1.29, 1.82) is 0 Å². The largest absolute Gasteiger partial charge is 0.493 e. The van der Waals surface area contributed by atoms with Gasteiger partial charge < -0.3 is 19.7 Å². The molecular formula is C19H22F2N2O3. The molecule has 1 N–H and O–H groups in total. The van der Waals surface area contributed by atoms with Crippen LogP contribution in [0.4, 0.5) is 8.78 Å². The molecule has 0 spiro atoms. The number of rotatable bonds is 8. The third kappa shape index (κ3) is 5.16. The van der Waals surface area contributed by atoms with Crippen LogP contribution in [0.25, 0.3) is 0 Å². The van der Waals surface area contributed by atoms with Crippen molar-refractivity contribution in [3.05, 3.63) is 59.7 Å². The summed E-state index contributed by atoms with van der Waals surface area (Å²) in [4.78, 5) is 14.4. The molecule has 2 rings (SSSR count). The summed E-state index contributed by atoms with van der Waals surface area (Å²) in [6.45, 7) is -2.57. The SMILES string of the molecule is COc1cc(C(=O)NC[C@H](c2ccccc2)N(C)C)ccc1OC(F)F. The van der Waals surface area contributed by atoms with Gasteiger partial charge in [-0.25, -0.2) is 0 Å². The molecule has 0 saturated heterocycles. The summed E-state index contributed by atoms with van der Waals surface area (Å²) in [7, 11) is 5.19. The predicted molar refractivity (Wildman–Crippen MR) is 94.8 cm³/mol. The average molecular weight is 364 g/mol. The van der Waals surface area contributed by atoms with E-state index >= 15 is 0 Å². The Morgan fingerprint density at radius 2 is 1.81 bits per heavy atom. The number of halogens is 2. The van der Waals surface area contributed by atoms with Crippen molar-refractivity contribution in [1.82, 2.24) is 10.2 Å². The second-order valence-electron chi connectivity index (χ2n) is 5.84. The molecule has 1 amide bonds. The number of nitrogens with zero attached hydrogens (tertiary/aromatic N) is 1. The molecule has 140 valence electrons. The maximum atomic E-state index is 12.4. The molecule has 0 aliphatic rings. The van der Waals surface area contributed by atoms with E-state index in [9.17, 15) is 13.6 Å². The molecule has 2 aromatic rings. The summed E-state index contributed by atoms with van der Waals surface area (Å²) < 4.78 is 34.1. The van der Waals surface area contributed by atoms with Gasteiger partial charge in [0.1, 0.15) is 0 Å². The summed E-state index contributed by atoms with van der Waals surface area (Å²) >= 11 is 0. The first-order chi connectivity index (χ1) is 12.4. The molecule has 7 heteroatoms. The molecule has 0 heterocycles. The number of nitrogens with one attached hydrogen (secondary N) is 1. The van der Waals surface area contributed by atoms with Crippen LogP contribution in [0.15, 0.2) is 48.5 Å². The lowest BCUT2D eigenvalue weighted by Crippen LogP contribution is -2.34. The lowest BCUT2D eigenvalue weighted by Gasteiger charge is -2.25. The summed E-state index contributed by atoms with van der Waals surface area (Å²) in [6.07, 6.45) is 0. The maximum absolute atomic E-state index is 12.4.